The average Bonchev–Trinajstić information content (AvgIpc) is 2.62. The fourth-order valence-corrected chi connectivity index (χ4v) is 3.52. The molecule has 2 nitrogen and oxygen atoms in total. The molecule has 0 amide bonds. The Morgan fingerprint density at radius 2 is 1.83 bits per heavy atom. The Bertz CT molecular complexity index is 404. The molecule has 0 unspecified atom stereocenters. The van der Waals surface area contributed by atoms with E-state index in [9.17, 15) is 5.11 Å². The summed E-state index contributed by atoms with van der Waals surface area (Å²) in [5, 5.41) is 10.3. The Kier molecular flexibility index (Phi) is 3.55. The van der Waals surface area contributed by atoms with Crippen LogP contribution in [-0.4, -0.2) is 23.8 Å². The minimum Gasteiger partial charge on any atom is -0.391 e. The highest BCUT2D eigenvalue weighted by Gasteiger charge is 2.30. The van der Waals surface area contributed by atoms with Crippen LogP contribution in [0.25, 0.3) is 0 Å². The molecule has 0 saturated heterocycles. The zero-order valence-corrected chi connectivity index (χ0v) is 11.0. The Morgan fingerprint density at radius 3 is 2.72 bits per heavy atom. The minimum absolute atomic E-state index is 0.134. The van der Waals surface area contributed by atoms with Crippen LogP contribution in [0, 0.1) is 0 Å². The van der Waals surface area contributed by atoms with Gasteiger partial charge in [-0.1, -0.05) is 31.0 Å². The maximum Gasteiger partial charge on any atom is 0.0743 e. The summed E-state index contributed by atoms with van der Waals surface area (Å²) in [6, 6.07) is 9.11. The maximum absolute atomic E-state index is 10.3. The van der Waals surface area contributed by atoms with Crippen molar-refractivity contribution in [3.05, 3.63) is 29.8 Å². The van der Waals surface area contributed by atoms with Crippen LogP contribution in [0.4, 0.5) is 5.69 Å². The molecule has 1 aliphatic heterocycles. The van der Waals surface area contributed by atoms with Crippen LogP contribution < -0.4 is 4.90 Å². The molecule has 1 fully saturated rings. The molecule has 0 bridgehead atoms. The summed E-state index contributed by atoms with van der Waals surface area (Å²) in [6.45, 7) is 1.11. The highest BCUT2D eigenvalue weighted by atomic mass is 16.3. The number of nitrogens with zero attached hydrogens (tertiary/aromatic N) is 1. The first-order chi connectivity index (χ1) is 8.86. The number of aryl methyl sites for hydroxylation is 1. The van der Waals surface area contributed by atoms with Crippen LogP contribution in [0.1, 0.15) is 44.1 Å². The van der Waals surface area contributed by atoms with Crippen molar-refractivity contribution in [2.24, 2.45) is 0 Å². The molecule has 98 valence electrons. The molecule has 1 aromatic rings. The predicted molar refractivity (Wildman–Crippen MR) is 75.0 cm³/mol. The van der Waals surface area contributed by atoms with E-state index in [4.69, 9.17) is 0 Å². The van der Waals surface area contributed by atoms with Crippen LogP contribution in [0.3, 0.4) is 0 Å². The van der Waals surface area contributed by atoms with Crippen molar-refractivity contribution in [2.45, 2.75) is 57.1 Å². The first-order valence-electron chi connectivity index (χ1n) is 7.39. The summed E-state index contributed by atoms with van der Waals surface area (Å²) in [5.41, 5.74) is 2.84. The lowest BCUT2D eigenvalue weighted by Gasteiger charge is -2.39. The van der Waals surface area contributed by atoms with Gasteiger partial charge in [0, 0.05) is 12.2 Å². The molecule has 2 aliphatic rings. The average molecular weight is 245 g/mol. The first-order valence-corrected chi connectivity index (χ1v) is 7.39. The van der Waals surface area contributed by atoms with E-state index in [1.807, 2.05) is 0 Å². The van der Waals surface area contributed by atoms with Gasteiger partial charge in [0.25, 0.3) is 0 Å². The van der Waals surface area contributed by atoms with Gasteiger partial charge in [-0.15, -0.1) is 0 Å². The van der Waals surface area contributed by atoms with Crippen molar-refractivity contribution in [1.29, 1.82) is 0 Å². The van der Waals surface area contributed by atoms with Gasteiger partial charge < -0.3 is 10.0 Å². The molecule has 2 heteroatoms. The number of benzene rings is 1. The standard InChI is InChI=1S/C16H23NO/c18-16-11-4-3-10-15(16)17-12-6-5-8-13-7-1-2-9-14(13)17/h1-2,7,9,15-16,18H,3-6,8,10-12H2/t15-,16-/m1/s1. The predicted octanol–water partition coefficient (Wildman–Crippen LogP) is 3.13. The molecular weight excluding hydrogens is 222 g/mol. The monoisotopic (exact) mass is 245 g/mol. The summed E-state index contributed by atoms with van der Waals surface area (Å²) in [6.07, 6.45) is 8.15. The Hall–Kier alpha value is -1.02. The van der Waals surface area contributed by atoms with Crippen LogP contribution in [0.2, 0.25) is 0 Å². The lowest BCUT2D eigenvalue weighted by molar-refractivity contribution is 0.104. The van der Waals surface area contributed by atoms with Gasteiger partial charge in [-0.2, -0.15) is 0 Å². The van der Waals surface area contributed by atoms with Crippen molar-refractivity contribution in [3.63, 3.8) is 0 Å². The van der Waals surface area contributed by atoms with Crippen LogP contribution in [0.15, 0.2) is 24.3 Å². The summed E-state index contributed by atoms with van der Waals surface area (Å²) in [5.74, 6) is 0. The summed E-state index contributed by atoms with van der Waals surface area (Å²) >= 11 is 0. The van der Waals surface area contributed by atoms with Crippen LogP contribution >= 0.6 is 0 Å². The normalized spacial score (nSPS) is 28.6. The molecule has 0 spiro atoms. The van der Waals surface area contributed by atoms with Crippen molar-refractivity contribution in [1.82, 2.24) is 0 Å². The lowest BCUT2D eigenvalue weighted by Crippen LogP contribution is -2.46. The third kappa shape index (κ3) is 2.26. The molecule has 1 N–H and O–H groups in total. The van der Waals surface area contributed by atoms with E-state index >= 15 is 0 Å². The van der Waals surface area contributed by atoms with Gasteiger partial charge >= 0.3 is 0 Å². The second-order valence-electron chi connectivity index (χ2n) is 5.70. The number of aliphatic hydroxyl groups excluding tert-OH is 1. The van der Waals surface area contributed by atoms with Gasteiger partial charge in [-0.3, -0.25) is 0 Å². The van der Waals surface area contributed by atoms with Gasteiger partial charge in [-0.25, -0.2) is 0 Å². The van der Waals surface area contributed by atoms with Gasteiger partial charge in [0.2, 0.25) is 0 Å². The highest BCUT2D eigenvalue weighted by Crippen LogP contribution is 2.32. The molecular formula is C16H23NO. The van der Waals surface area contributed by atoms with E-state index in [-0.39, 0.29) is 6.10 Å². The molecule has 3 rings (SSSR count). The number of para-hydroxylation sites is 1. The molecule has 1 aliphatic carbocycles. The van der Waals surface area contributed by atoms with E-state index in [1.165, 1.54) is 43.4 Å². The summed E-state index contributed by atoms with van der Waals surface area (Å²) in [4.78, 5) is 2.49. The van der Waals surface area contributed by atoms with E-state index < -0.39 is 0 Å². The van der Waals surface area contributed by atoms with Crippen molar-refractivity contribution < 1.29 is 5.11 Å². The Morgan fingerprint density at radius 1 is 1.00 bits per heavy atom. The van der Waals surface area contributed by atoms with Gasteiger partial charge in [-0.05, 0) is 43.7 Å². The van der Waals surface area contributed by atoms with Crippen molar-refractivity contribution in [3.8, 4) is 0 Å². The van der Waals surface area contributed by atoms with E-state index in [0.717, 1.165) is 19.4 Å². The second kappa shape index (κ2) is 5.31. The summed E-state index contributed by atoms with van der Waals surface area (Å²) < 4.78 is 0. The van der Waals surface area contributed by atoms with Crippen LogP contribution in [0.5, 0.6) is 0 Å². The summed E-state index contributed by atoms with van der Waals surface area (Å²) in [7, 11) is 0. The Balaban J connectivity index is 1.91. The number of rotatable bonds is 1. The van der Waals surface area contributed by atoms with Gasteiger partial charge in [0.05, 0.1) is 12.1 Å². The highest BCUT2D eigenvalue weighted by molar-refractivity contribution is 5.55. The second-order valence-corrected chi connectivity index (χ2v) is 5.70. The number of hydrogen-bond donors (Lipinski definition) is 1. The molecule has 1 heterocycles. The number of hydrogen-bond acceptors (Lipinski definition) is 2. The van der Waals surface area contributed by atoms with Gasteiger partial charge in [0.15, 0.2) is 0 Å². The SMILES string of the molecule is O[C@@H]1CCCC[C@H]1N1CCCCc2ccccc21. The molecule has 1 aromatic carbocycles. The smallest absolute Gasteiger partial charge is 0.0743 e. The fraction of sp³-hybridized carbons (Fsp3) is 0.625. The molecule has 0 radical (unpaired) electrons. The number of fused-ring (bicyclic) bond motifs is 1. The first kappa shape index (κ1) is 12.0. The Labute approximate surface area is 110 Å². The van der Waals surface area contributed by atoms with E-state index in [1.54, 1.807) is 0 Å². The number of anilines is 1. The van der Waals surface area contributed by atoms with E-state index in [0.29, 0.717) is 6.04 Å². The zero-order chi connectivity index (χ0) is 12.4. The maximum atomic E-state index is 10.3. The third-order valence-corrected chi connectivity index (χ3v) is 4.49. The zero-order valence-electron chi connectivity index (χ0n) is 11.0. The molecule has 1 saturated carbocycles. The molecule has 0 aromatic heterocycles. The minimum atomic E-state index is -0.134. The largest absolute Gasteiger partial charge is 0.391 e. The van der Waals surface area contributed by atoms with E-state index in [2.05, 4.69) is 29.2 Å². The van der Waals surface area contributed by atoms with Gasteiger partial charge in [0.1, 0.15) is 0 Å². The molecule has 2 atom stereocenters. The van der Waals surface area contributed by atoms with Crippen molar-refractivity contribution in [2.75, 3.05) is 11.4 Å². The third-order valence-electron chi connectivity index (χ3n) is 4.49. The molecule has 18 heavy (non-hydrogen) atoms. The topological polar surface area (TPSA) is 23.5 Å². The number of aliphatic hydroxyl groups is 1. The van der Waals surface area contributed by atoms with Crippen LogP contribution in [-0.2, 0) is 6.42 Å². The lowest BCUT2D eigenvalue weighted by atomic mass is 9.90. The fourth-order valence-electron chi connectivity index (χ4n) is 3.52. The van der Waals surface area contributed by atoms with Crippen molar-refractivity contribution >= 4 is 5.69 Å². The quantitative estimate of drug-likeness (QED) is 0.821.